The van der Waals surface area contributed by atoms with Gasteiger partial charge in [0.15, 0.2) is 0 Å². The second kappa shape index (κ2) is 8.04. The van der Waals surface area contributed by atoms with E-state index in [9.17, 15) is 22.8 Å². The summed E-state index contributed by atoms with van der Waals surface area (Å²) in [5, 5.41) is 2.52. The molecule has 0 radical (unpaired) electrons. The number of carbonyl (C=O) groups is 2. The molecule has 1 fully saturated rings. The van der Waals surface area contributed by atoms with Gasteiger partial charge in [0.1, 0.15) is 6.04 Å². The molecular formula is C21H21F3N2O2. The van der Waals surface area contributed by atoms with Gasteiger partial charge in [-0.15, -0.1) is 0 Å². The van der Waals surface area contributed by atoms with Crippen LogP contribution >= 0.6 is 0 Å². The van der Waals surface area contributed by atoms with Crippen molar-refractivity contribution in [2.75, 3.05) is 11.9 Å². The van der Waals surface area contributed by atoms with Gasteiger partial charge in [-0.25, -0.2) is 0 Å². The van der Waals surface area contributed by atoms with Crippen molar-refractivity contribution in [1.82, 2.24) is 4.90 Å². The highest BCUT2D eigenvalue weighted by atomic mass is 19.4. The zero-order valence-corrected chi connectivity index (χ0v) is 15.4. The molecule has 0 aliphatic carbocycles. The molecule has 28 heavy (non-hydrogen) atoms. The second-order valence-corrected chi connectivity index (χ2v) is 6.77. The molecule has 0 saturated carbocycles. The van der Waals surface area contributed by atoms with E-state index >= 15 is 0 Å². The molecule has 0 bridgehead atoms. The van der Waals surface area contributed by atoms with Gasteiger partial charge in [0.25, 0.3) is 5.91 Å². The third-order valence-corrected chi connectivity index (χ3v) is 4.88. The van der Waals surface area contributed by atoms with Crippen LogP contribution in [-0.2, 0) is 17.4 Å². The van der Waals surface area contributed by atoms with Gasteiger partial charge >= 0.3 is 6.18 Å². The summed E-state index contributed by atoms with van der Waals surface area (Å²) in [5.74, 6) is -0.723. The first-order valence-electron chi connectivity index (χ1n) is 9.17. The summed E-state index contributed by atoms with van der Waals surface area (Å²) in [6, 6.07) is 11.0. The highest BCUT2D eigenvalue weighted by molar-refractivity contribution is 6.01. The van der Waals surface area contributed by atoms with Crippen molar-refractivity contribution in [3.05, 3.63) is 65.2 Å². The highest BCUT2D eigenvalue weighted by Crippen LogP contribution is 2.31. The molecule has 2 aromatic rings. The van der Waals surface area contributed by atoms with Gasteiger partial charge in [0.05, 0.1) is 5.56 Å². The van der Waals surface area contributed by atoms with E-state index in [1.54, 1.807) is 12.1 Å². The fourth-order valence-corrected chi connectivity index (χ4v) is 3.33. The standard InChI is InChI=1S/C21H21F3N2O2/c1-2-14-8-10-15(11-9-14)20(28)26-12-4-7-18(26)19(27)25-17-6-3-5-16(13-17)21(22,23)24/h3,5-6,8-11,13,18H,2,4,7,12H2,1H3,(H,25,27). The number of carbonyl (C=O) groups excluding carboxylic acids is 2. The fourth-order valence-electron chi connectivity index (χ4n) is 3.33. The van der Waals surface area contributed by atoms with Crippen molar-refractivity contribution < 1.29 is 22.8 Å². The van der Waals surface area contributed by atoms with Crippen molar-refractivity contribution >= 4 is 17.5 Å². The molecule has 1 heterocycles. The lowest BCUT2D eigenvalue weighted by atomic mass is 10.1. The molecule has 1 atom stereocenters. The number of benzene rings is 2. The molecular weight excluding hydrogens is 369 g/mol. The van der Waals surface area contributed by atoms with Crippen LogP contribution in [0.15, 0.2) is 48.5 Å². The molecule has 148 valence electrons. The van der Waals surface area contributed by atoms with Crippen LogP contribution in [-0.4, -0.2) is 29.3 Å². The van der Waals surface area contributed by atoms with E-state index in [1.807, 2.05) is 19.1 Å². The van der Waals surface area contributed by atoms with Gasteiger partial charge in [0, 0.05) is 17.8 Å². The fraction of sp³-hybridized carbons (Fsp3) is 0.333. The van der Waals surface area contributed by atoms with Crippen molar-refractivity contribution in [2.45, 2.75) is 38.4 Å². The number of halogens is 3. The first-order chi connectivity index (χ1) is 13.3. The van der Waals surface area contributed by atoms with Gasteiger partial charge in [-0.05, 0) is 55.2 Å². The minimum Gasteiger partial charge on any atom is -0.327 e. The van der Waals surface area contributed by atoms with E-state index < -0.39 is 23.7 Å². The summed E-state index contributed by atoms with van der Waals surface area (Å²) in [5.41, 5.74) is 0.833. The Labute approximate surface area is 161 Å². The van der Waals surface area contributed by atoms with Crippen molar-refractivity contribution in [1.29, 1.82) is 0 Å². The van der Waals surface area contributed by atoms with Gasteiger partial charge in [-0.1, -0.05) is 25.1 Å². The summed E-state index contributed by atoms with van der Waals surface area (Å²) in [6.07, 6.45) is -2.48. The van der Waals surface area contributed by atoms with Gasteiger partial charge in [-0.3, -0.25) is 9.59 Å². The van der Waals surface area contributed by atoms with Gasteiger partial charge in [0.2, 0.25) is 5.91 Å². The Bertz CT molecular complexity index is 863. The molecule has 1 aliphatic rings. The number of hydrogen-bond acceptors (Lipinski definition) is 2. The average molecular weight is 390 g/mol. The monoisotopic (exact) mass is 390 g/mol. The third kappa shape index (κ3) is 4.35. The lowest BCUT2D eigenvalue weighted by molar-refractivity contribution is -0.137. The van der Waals surface area contributed by atoms with Gasteiger partial charge < -0.3 is 10.2 Å². The molecule has 7 heteroatoms. The molecule has 1 N–H and O–H groups in total. The maximum Gasteiger partial charge on any atom is 0.416 e. The molecule has 1 unspecified atom stereocenters. The number of nitrogens with one attached hydrogen (secondary N) is 1. The first-order valence-corrected chi connectivity index (χ1v) is 9.17. The topological polar surface area (TPSA) is 49.4 Å². The van der Waals surface area contributed by atoms with Crippen LogP contribution in [0.3, 0.4) is 0 Å². The molecule has 2 aromatic carbocycles. The molecule has 0 aromatic heterocycles. The Morgan fingerprint density at radius 2 is 1.86 bits per heavy atom. The van der Waals surface area contributed by atoms with E-state index in [0.717, 1.165) is 24.1 Å². The number of alkyl halides is 3. The number of amides is 2. The van der Waals surface area contributed by atoms with E-state index in [1.165, 1.54) is 17.0 Å². The largest absolute Gasteiger partial charge is 0.416 e. The van der Waals surface area contributed by atoms with Gasteiger partial charge in [-0.2, -0.15) is 13.2 Å². The molecule has 4 nitrogen and oxygen atoms in total. The number of likely N-dealkylation sites (tertiary alicyclic amines) is 1. The summed E-state index contributed by atoms with van der Waals surface area (Å²) in [6.45, 7) is 2.46. The lowest BCUT2D eigenvalue weighted by Gasteiger charge is -2.24. The number of anilines is 1. The van der Waals surface area contributed by atoms with Crippen molar-refractivity contribution in [3.8, 4) is 0 Å². The predicted octanol–water partition coefficient (Wildman–Crippen LogP) is 4.51. The second-order valence-electron chi connectivity index (χ2n) is 6.77. The van der Waals surface area contributed by atoms with Crippen LogP contribution in [0.5, 0.6) is 0 Å². The van der Waals surface area contributed by atoms with E-state index in [-0.39, 0.29) is 11.6 Å². The quantitative estimate of drug-likeness (QED) is 0.835. The molecule has 1 aliphatic heterocycles. The van der Waals surface area contributed by atoms with Crippen LogP contribution in [0.4, 0.5) is 18.9 Å². The maximum absolute atomic E-state index is 12.9. The van der Waals surface area contributed by atoms with E-state index in [4.69, 9.17) is 0 Å². The lowest BCUT2D eigenvalue weighted by Crippen LogP contribution is -2.43. The van der Waals surface area contributed by atoms with E-state index in [0.29, 0.717) is 24.9 Å². The van der Waals surface area contributed by atoms with Crippen LogP contribution in [0.25, 0.3) is 0 Å². The Morgan fingerprint density at radius 1 is 1.14 bits per heavy atom. The number of nitrogens with zero attached hydrogens (tertiary/aromatic N) is 1. The summed E-state index contributed by atoms with van der Waals surface area (Å²) in [7, 11) is 0. The predicted molar refractivity (Wildman–Crippen MR) is 100.0 cm³/mol. The summed E-state index contributed by atoms with van der Waals surface area (Å²) < 4.78 is 38.6. The Morgan fingerprint density at radius 3 is 2.50 bits per heavy atom. The van der Waals surface area contributed by atoms with Crippen molar-refractivity contribution in [3.63, 3.8) is 0 Å². The first kappa shape index (κ1) is 19.9. The van der Waals surface area contributed by atoms with Crippen LogP contribution in [0, 0.1) is 0 Å². The van der Waals surface area contributed by atoms with Crippen LogP contribution in [0.1, 0.15) is 41.3 Å². The Kier molecular flexibility index (Phi) is 5.72. The number of rotatable bonds is 4. The average Bonchev–Trinajstić information content (AvgIpc) is 3.17. The normalized spacial score (nSPS) is 16.9. The third-order valence-electron chi connectivity index (χ3n) is 4.88. The number of aryl methyl sites for hydroxylation is 1. The highest BCUT2D eigenvalue weighted by Gasteiger charge is 2.35. The van der Waals surface area contributed by atoms with Crippen LogP contribution < -0.4 is 5.32 Å². The SMILES string of the molecule is CCc1ccc(C(=O)N2CCCC2C(=O)Nc2cccc(C(F)(F)F)c2)cc1. The zero-order chi connectivity index (χ0) is 20.3. The molecule has 1 saturated heterocycles. The minimum absolute atomic E-state index is 0.0615. The molecule has 2 amide bonds. The maximum atomic E-state index is 12.9. The molecule has 3 rings (SSSR count). The molecule has 0 spiro atoms. The zero-order valence-electron chi connectivity index (χ0n) is 15.4. The Hall–Kier alpha value is -2.83. The smallest absolute Gasteiger partial charge is 0.327 e. The number of hydrogen-bond donors (Lipinski definition) is 1. The van der Waals surface area contributed by atoms with Crippen molar-refractivity contribution in [2.24, 2.45) is 0 Å². The summed E-state index contributed by atoms with van der Waals surface area (Å²) in [4.78, 5) is 26.9. The van der Waals surface area contributed by atoms with E-state index in [2.05, 4.69) is 5.32 Å². The van der Waals surface area contributed by atoms with Crippen LogP contribution in [0.2, 0.25) is 0 Å². The Balaban J connectivity index is 1.73. The summed E-state index contributed by atoms with van der Waals surface area (Å²) >= 11 is 0. The minimum atomic E-state index is -4.49.